The molecule has 1 saturated heterocycles. The summed E-state index contributed by atoms with van der Waals surface area (Å²) in [5, 5.41) is 12.4. The number of hydrogen-bond acceptors (Lipinski definition) is 6. The fourth-order valence-electron chi connectivity index (χ4n) is 3.75. The lowest BCUT2D eigenvalue weighted by Crippen LogP contribution is -2.47. The number of methoxy groups -OCH3 is 1. The standard InChI is InChI=1S/C24H23FN4O4/c1-33-18-8-6-16(7-9-18)23(30)27-17-14-19(24(31)32)22(26-15-17)29-12-10-28(11-13-29)21-5-3-2-4-20(21)25/h2-9,14-15H,10-13H2,1H3,(H,27,30)(H,31,32). The van der Waals surface area contributed by atoms with Gasteiger partial charge in [0.05, 0.1) is 24.7 Å². The molecule has 0 unspecified atom stereocenters. The van der Waals surface area contributed by atoms with Crippen LogP contribution < -0.4 is 19.9 Å². The number of carboxylic acids is 1. The van der Waals surface area contributed by atoms with Crippen LogP contribution in [-0.2, 0) is 0 Å². The topological polar surface area (TPSA) is 95.0 Å². The van der Waals surface area contributed by atoms with E-state index in [4.69, 9.17) is 4.74 Å². The Morgan fingerprint density at radius 2 is 1.70 bits per heavy atom. The number of anilines is 3. The maximum Gasteiger partial charge on any atom is 0.339 e. The van der Waals surface area contributed by atoms with Gasteiger partial charge in [-0.25, -0.2) is 14.2 Å². The number of carbonyl (C=O) groups excluding carboxylic acids is 1. The summed E-state index contributed by atoms with van der Waals surface area (Å²) in [5.41, 5.74) is 1.20. The summed E-state index contributed by atoms with van der Waals surface area (Å²) in [5.74, 6) is -0.872. The summed E-state index contributed by atoms with van der Waals surface area (Å²) in [7, 11) is 1.54. The van der Waals surface area contributed by atoms with Crippen molar-refractivity contribution in [2.24, 2.45) is 0 Å². The second-order valence-electron chi connectivity index (χ2n) is 7.51. The van der Waals surface area contributed by atoms with E-state index in [0.717, 1.165) is 0 Å². The van der Waals surface area contributed by atoms with Gasteiger partial charge in [0, 0.05) is 31.7 Å². The number of benzene rings is 2. The number of aromatic carboxylic acids is 1. The number of nitrogens with zero attached hydrogens (tertiary/aromatic N) is 3. The van der Waals surface area contributed by atoms with E-state index in [2.05, 4.69) is 10.3 Å². The lowest BCUT2D eigenvalue weighted by atomic mass is 10.1. The summed E-state index contributed by atoms with van der Waals surface area (Å²) in [4.78, 5) is 32.5. The Balaban J connectivity index is 1.48. The number of halogens is 1. The number of ether oxygens (including phenoxy) is 1. The van der Waals surface area contributed by atoms with Gasteiger partial charge in [0.1, 0.15) is 22.9 Å². The Labute approximate surface area is 190 Å². The van der Waals surface area contributed by atoms with Crippen molar-refractivity contribution in [3.8, 4) is 5.75 Å². The number of amides is 1. The average Bonchev–Trinajstić information content (AvgIpc) is 2.84. The lowest BCUT2D eigenvalue weighted by Gasteiger charge is -2.37. The Kier molecular flexibility index (Phi) is 6.39. The second-order valence-corrected chi connectivity index (χ2v) is 7.51. The maximum atomic E-state index is 14.1. The molecule has 1 aliphatic rings. The van der Waals surface area contributed by atoms with E-state index in [1.54, 1.807) is 42.5 Å². The van der Waals surface area contributed by atoms with Crippen LogP contribution >= 0.6 is 0 Å². The molecular formula is C24H23FN4O4. The third-order valence-corrected chi connectivity index (χ3v) is 5.48. The molecule has 0 bridgehead atoms. The minimum absolute atomic E-state index is 0.0122. The fraction of sp³-hybridized carbons (Fsp3) is 0.208. The Morgan fingerprint density at radius 3 is 2.33 bits per heavy atom. The first-order valence-corrected chi connectivity index (χ1v) is 10.4. The van der Waals surface area contributed by atoms with Gasteiger partial charge in [-0.05, 0) is 42.5 Å². The zero-order valence-corrected chi connectivity index (χ0v) is 18.0. The lowest BCUT2D eigenvalue weighted by molar-refractivity contribution is 0.0696. The predicted octanol–water partition coefficient (Wildman–Crippen LogP) is 3.51. The number of aromatic nitrogens is 1. The van der Waals surface area contributed by atoms with Gasteiger partial charge in [-0.2, -0.15) is 0 Å². The molecule has 9 heteroatoms. The molecule has 0 atom stereocenters. The van der Waals surface area contributed by atoms with E-state index in [1.165, 1.54) is 25.4 Å². The molecule has 0 saturated carbocycles. The van der Waals surface area contributed by atoms with Crippen molar-refractivity contribution in [3.63, 3.8) is 0 Å². The molecule has 8 nitrogen and oxygen atoms in total. The van der Waals surface area contributed by atoms with Crippen LogP contribution in [0, 0.1) is 5.82 Å². The minimum atomic E-state index is -1.14. The number of para-hydroxylation sites is 1. The van der Waals surface area contributed by atoms with Crippen LogP contribution in [0.3, 0.4) is 0 Å². The van der Waals surface area contributed by atoms with Crippen molar-refractivity contribution in [2.45, 2.75) is 0 Å². The second kappa shape index (κ2) is 9.56. The molecule has 1 fully saturated rings. The molecular weight excluding hydrogens is 427 g/mol. The maximum absolute atomic E-state index is 14.1. The summed E-state index contributed by atoms with van der Waals surface area (Å²) >= 11 is 0. The van der Waals surface area contributed by atoms with Crippen LogP contribution in [0.5, 0.6) is 5.75 Å². The largest absolute Gasteiger partial charge is 0.497 e. The van der Waals surface area contributed by atoms with Crippen LogP contribution in [0.4, 0.5) is 21.6 Å². The van der Waals surface area contributed by atoms with E-state index < -0.39 is 5.97 Å². The predicted molar refractivity (Wildman–Crippen MR) is 123 cm³/mol. The van der Waals surface area contributed by atoms with Crippen LogP contribution in [0.25, 0.3) is 0 Å². The molecule has 1 aliphatic heterocycles. The Hall–Kier alpha value is -4.14. The van der Waals surface area contributed by atoms with Crippen LogP contribution in [0.15, 0.2) is 60.8 Å². The summed E-state index contributed by atoms with van der Waals surface area (Å²) < 4.78 is 19.2. The number of rotatable bonds is 6. The molecule has 0 spiro atoms. The zero-order valence-electron chi connectivity index (χ0n) is 18.0. The van der Waals surface area contributed by atoms with E-state index in [9.17, 15) is 19.1 Å². The van der Waals surface area contributed by atoms with Gasteiger partial charge < -0.3 is 25.0 Å². The molecule has 0 aliphatic carbocycles. The first kappa shape index (κ1) is 22.1. The number of nitrogens with one attached hydrogen (secondary N) is 1. The van der Waals surface area contributed by atoms with Crippen molar-refractivity contribution in [1.29, 1.82) is 0 Å². The number of carboxylic acid groups (broad SMARTS) is 1. The van der Waals surface area contributed by atoms with Crippen molar-refractivity contribution in [2.75, 3.05) is 48.4 Å². The van der Waals surface area contributed by atoms with E-state index in [0.29, 0.717) is 49.0 Å². The molecule has 1 aromatic heterocycles. The fourth-order valence-corrected chi connectivity index (χ4v) is 3.75. The molecule has 33 heavy (non-hydrogen) atoms. The zero-order chi connectivity index (χ0) is 23.4. The van der Waals surface area contributed by atoms with Crippen molar-refractivity contribution in [1.82, 2.24) is 4.98 Å². The van der Waals surface area contributed by atoms with Crippen LogP contribution in [0.1, 0.15) is 20.7 Å². The van der Waals surface area contributed by atoms with Crippen molar-refractivity contribution >= 4 is 29.1 Å². The van der Waals surface area contributed by atoms with E-state index >= 15 is 0 Å². The highest BCUT2D eigenvalue weighted by Gasteiger charge is 2.24. The van der Waals surface area contributed by atoms with Gasteiger partial charge in [0.2, 0.25) is 0 Å². The molecule has 1 amide bonds. The molecule has 4 rings (SSSR count). The Bertz CT molecular complexity index is 1160. The van der Waals surface area contributed by atoms with Gasteiger partial charge in [-0.3, -0.25) is 4.79 Å². The summed E-state index contributed by atoms with van der Waals surface area (Å²) in [6, 6.07) is 14.5. The molecule has 0 radical (unpaired) electrons. The number of piperazine rings is 1. The van der Waals surface area contributed by atoms with Crippen LogP contribution in [-0.4, -0.2) is 55.3 Å². The van der Waals surface area contributed by atoms with Gasteiger partial charge >= 0.3 is 5.97 Å². The monoisotopic (exact) mass is 450 g/mol. The third kappa shape index (κ3) is 4.87. The highest BCUT2D eigenvalue weighted by atomic mass is 19.1. The van der Waals surface area contributed by atoms with E-state index in [-0.39, 0.29) is 23.0 Å². The first-order valence-electron chi connectivity index (χ1n) is 10.4. The van der Waals surface area contributed by atoms with Crippen LogP contribution in [0.2, 0.25) is 0 Å². The molecule has 2 aromatic carbocycles. The van der Waals surface area contributed by atoms with Gasteiger partial charge in [0.15, 0.2) is 0 Å². The first-order chi connectivity index (χ1) is 16.0. The quantitative estimate of drug-likeness (QED) is 0.594. The number of pyridine rings is 1. The third-order valence-electron chi connectivity index (χ3n) is 5.48. The molecule has 3 aromatic rings. The normalized spacial score (nSPS) is 13.5. The number of hydrogen-bond donors (Lipinski definition) is 2. The number of carbonyl (C=O) groups is 2. The smallest absolute Gasteiger partial charge is 0.339 e. The molecule has 170 valence electrons. The molecule has 2 N–H and O–H groups in total. The highest BCUT2D eigenvalue weighted by Crippen LogP contribution is 2.26. The summed E-state index contributed by atoms with van der Waals surface area (Å²) in [6.07, 6.45) is 1.44. The van der Waals surface area contributed by atoms with Gasteiger partial charge in [-0.15, -0.1) is 0 Å². The Morgan fingerprint density at radius 1 is 1.03 bits per heavy atom. The summed E-state index contributed by atoms with van der Waals surface area (Å²) in [6.45, 7) is 2.02. The average molecular weight is 450 g/mol. The molecule has 2 heterocycles. The van der Waals surface area contributed by atoms with Crippen molar-refractivity contribution in [3.05, 3.63) is 77.7 Å². The highest BCUT2D eigenvalue weighted by molar-refractivity contribution is 6.05. The van der Waals surface area contributed by atoms with Crippen molar-refractivity contribution < 1.29 is 23.8 Å². The SMILES string of the molecule is COc1ccc(C(=O)Nc2cnc(N3CCN(c4ccccc4F)CC3)c(C(=O)O)c2)cc1. The van der Waals surface area contributed by atoms with Gasteiger partial charge in [-0.1, -0.05) is 12.1 Å². The van der Waals surface area contributed by atoms with E-state index in [1.807, 2.05) is 9.80 Å². The van der Waals surface area contributed by atoms with Gasteiger partial charge in [0.25, 0.3) is 5.91 Å². The minimum Gasteiger partial charge on any atom is -0.497 e.